The summed E-state index contributed by atoms with van der Waals surface area (Å²) in [6.45, 7) is 1.84. The van der Waals surface area contributed by atoms with Crippen LogP contribution in [0.2, 0.25) is 5.02 Å². The van der Waals surface area contributed by atoms with Crippen molar-refractivity contribution in [3.63, 3.8) is 0 Å². The van der Waals surface area contributed by atoms with Crippen LogP contribution >= 0.6 is 22.9 Å². The van der Waals surface area contributed by atoms with Crippen LogP contribution in [0.25, 0.3) is 10.2 Å². The lowest BCUT2D eigenvalue weighted by Crippen LogP contribution is -2.34. The lowest BCUT2D eigenvalue weighted by molar-refractivity contribution is -0.192. The summed E-state index contributed by atoms with van der Waals surface area (Å²) in [5.74, 6) is -3.66. The van der Waals surface area contributed by atoms with Gasteiger partial charge in [-0.05, 0) is 59.7 Å². The number of thiazole rings is 1. The van der Waals surface area contributed by atoms with E-state index in [0.717, 1.165) is 10.3 Å². The van der Waals surface area contributed by atoms with Gasteiger partial charge >= 0.3 is 12.1 Å². The van der Waals surface area contributed by atoms with E-state index in [4.69, 9.17) is 27.2 Å². The number of ketones is 1. The second-order valence-electron chi connectivity index (χ2n) is 9.89. The number of aliphatic carboxylic acids is 1. The summed E-state index contributed by atoms with van der Waals surface area (Å²) in [4.78, 5) is 54.5. The van der Waals surface area contributed by atoms with Gasteiger partial charge in [-0.3, -0.25) is 19.3 Å². The first-order valence-electron chi connectivity index (χ1n) is 13.7. The van der Waals surface area contributed by atoms with E-state index < -0.39 is 18.2 Å². The molecule has 4 N–H and O–H groups in total. The molecule has 9 nitrogen and oxygen atoms in total. The van der Waals surface area contributed by atoms with Crippen molar-refractivity contribution >= 4 is 68.1 Å². The smallest absolute Gasteiger partial charge is 0.475 e. The number of Topliss-reactive ketones (excluding diaryl/α,β-unsaturated/α-hetero) is 1. The Kier molecular flexibility index (Phi) is 11.1. The van der Waals surface area contributed by atoms with Gasteiger partial charge in [-0.2, -0.15) is 13.2 Å². The number of benzene rings is 4. The molecule has 1 unspecified atom stereocenters. The van der Waals surface area contributed by atoms with Crippen molar-refractivity contribution in [2.45, 2.75) is 25.7 Å². The van der Waals surface area contributed by atoms with Gasteiger partial charge in [-0.1, -0.05) is 60.1 Å². The average Bonchev–Trinajstić information content (AvgIpc) is 3.47. The highest BCUT2D eigenvalue weighted by atomic mass is 35.5. The lowest BCUT2D eigenvalue weighted by atomic mass is 10.0. The number of anilines is 2. The standard InChI is InChI=1S/C31H25ClN4O3S.C2HF3O2/c1-19(37)36(24-9-5-8-23(32)16-24)25-14-15-26-27(17-25)40-31(34-26)29(38)28(21-12-10-20(18-33)11-13-21)35-30(39)22-6-3-2-4-7-22;3-2(4,5)1(6)7/h2-17,28H,18,33H2,1H3,(H,35,39);(H,6,7). The van der Waals surface area contributed by atoms with Crippen LogP contribution < -0.4 is 16.0 Å². The van der Waals surface area contributed by atoms with Crippen molar-refractivity contribution in [3.8, 4) is 0 Å². The summed E-state index contributed by atoms with van der Waals surface area (Å²) < 4.78 is 32.5. The van der Waals surface area contributed by atoms with Crippen LogP contribution in [0, 0.1) is 0 Å². The fourth-order valence-corrected chi connectivity index (χ4v) is 5.51. The first-order valence-corrected chi connectivity index (χ1v) is 14.9. The molecule has 0 spiro atoms. The number of fused-ring (bicyclic) bond motifs is 1. The molecule has 4 aromatic carbocycles. The van der Waals surface area contributed by atoms with Crippen molar-refractivity contribution in [2.24, 2.45) is 5.73 Å². The Bertz CT molecular complexity index is 1920. The number of carboxylic acids is 1. The third kappa shape index (κ3) is 8.79. The number of rotatable bonds is 8. The number of alkyl halides is 3. The van der Waals surface area contributed by atoms with Gasteiger partial charge in [0.05, 0.1) is 21.6 Å². The fourth-order valence-electron chi connectivity index (χ4n) is 4.36. The Morgan fingerprint density at radius 3 is 2.15 bits per heavy atom. The molecule has 0 saturated carbocycles. The number of carbonyl (C=O) groups excluding carboxylic acids is 3. The van der Waals surface area contributed by atoms with Crippen LogP contribution in [0.5, 0.6) is 0 Å². The number of carboxylic acid groups (broad SMARTS) is 1. The third-order valence-electron chi connectivity index (χ3n) is 6.59. The predicted molar refractivity (Wildman–Crippen MR) is 173 cm³/mol. The summed E-state index contributed by atoms with van der Waals surface area (Å²) >= 11 is 7.37. The second kappa shape index (κ2) is 15.0. The molecule has 14 heteroatoms. The maximum absolute atomic E-state index is 13.9. The van der Waals surface area contributed by atoms with E-state index in [2.05, 4.69) is 10.3 Å². The minimum absolute atomic E-state index is 0.188. The maximum Gasteiger partial charge on any atom is 0.490 e. The van der Waals surface area contributed by atoms with E-state index in [9.17, 15) is 27.6 Å². The number of aromatic nitrogens is 1. The fraction of sp³-hybridized carbons (Fsp3) is 0.121. The Labute approximate surface area is 275 Å². The highest BCUT2D eigenvalue weighted by Crippen LogP contribution is 2.33. The number of nitrogens with one attached hydrogen (secondary N) is 1. The Morgan fingerprint density at radius 2 is 1.57 bits per heavy atom. The largest absolute Gasteiger partial charge is 0.490 e. The Hall–Kier alpha value is -5.11. The molecule has 242 valence electrons. The van der Waals surface area contributed by atoms with Gasteiger partial charge in [-0.15, -0.1) is 11.3 Å². The average molecular weight is 683 g/mol. The molecule has 1 aromatic heterocycles. The van der Waals surface area contributed by atoms with Gasteiger partial charge in [0.1, 0.15) is 6.04 Å². The van der Waals surface area contributed by atoms with Crippen molar-refractivity contribution < 1.29 is 37.5 Å². The van der Waals surface area contributed by atoms with Gasteiger partial charge in [0.2, 0.25) is 11.7 Å². The second-order valence-corrected chi connectivity index (χ2v) is 11.4. The molecule has 0 aliphatic carbocycles. The summed E-state index contributed by atoms with van der Waals surface area (Å²) in [7, 11) is 0. The Balaban J connectivity index is 0.000000644. The van der Waals surface area contributed by atoms with Crippen LogP contribution in [0.1, 0.15) is 44.3 Å². The molecule has 1 atom stereocenters. The molecule has 0 aliphatic rings. The molecular formula is C33H26ClF3N4O5S. The van der Waals surface area contributed by atoms with Crippen LogP contribution in [0.15, 0.2) is 97.1 Å². The van der Waals surface area contributed by atoms with Gasteiger partial charge in [-0.25, -0.2) is 9.78 Å². The molecule has 1 heterocycles. The van der Waals surface area contributed by atoms with Crippen LogP contribution in [0.3, 0.4) is 0 Å². The van der Waals surface area contributed by atoms with Crippen molar-refractivity contribution in [1.29, 1.82) is 0 Å². The number of halogens is 4. The van der Waals surface area contributed by atoms with E-state index in [1.54, 1.807) is 77.7 Å². The van der Waals surface area contributed by atoms with Gasteiger partial charge < -0.3 is 16.2 Å². The quantitative estimate of drug-likeness (QED) is 0.148. The van der Waals surface area contributed by atoms with E-state index in [1.165, 1.54) is 18.3 Å². The first-order chi connectivity index (χ1) is 22.3. The van der Waals surface area contributed by atoms with Gasteiger partial charge in [0, 0.05) is 24.1 Å². The highest BCUT2D eigenvalue weighted by Gasteiger charge is 2.38. The summed E-state index contributed by atoms with van der Waals surface area (Å²) in [5, 5.41) is 10.8. The van der Waals surface area contributed by atoms with Gasteiger partial charge in [0.25, 0.3) is 5.91 Å². The van der Waals surface area contributed by atoms with E-state index in [1.807, 2.05) is 24.3 Å². The molecule has 2 amide bonds. The topological polar surface area (TPSA) is 143 Å². The number of nitrogens with two attached hydrogens (primary N) is 1. The van der Waals surface area contributed by atoms with Crippen LogP contribution in [-0.4, -0.2) is 39.8 Å². The number of nitrogens with zero attached hydrogens (tertiary/aromatic N) is 2. The lowest BCUT2D eigenvalue weighted by Gasteiger charge is -2.21. The normalized spacial score (nSPS) is 11.6. The number of carbonyl (C=O) groups is 4. The zero-order chi connectivity index (χ0) is 34.3. The predicted octanol–water partition coefficient (Wildman–Crippen LogP) is 7.08. The zero-order valence-electron chi connectivity index (χ0n) is 24.5. The molecule has 5 aromatic rings. The van der Waals surface area contributed by atoms with Crippen molar-refractivity contribution in [1.82, 2.24) is 10.3 Å². The molecule has 0 saturated heterocycles. The highest BCUT2D eigenvalue weighted by molar-refractivity contribution is 7.20. The number of hydrogen-bond donors (Lipinski definition) is 3. The van der Waals surface area contributed by atoms with E-state index in [-0.39, 0.29) is 22.6 Å². The summed E-state index contributed by atoms with van der Waals surface area (Å²) in [6, 6.07) is 27.4. The van der Waals surface area contributed by atoms with E-state index in [0.29, 0.717) is 39.6 Å². The molecule has 0 fully saturated rings. The number of hydrogen-bond acceptors (Lipinski definition) is 7. The summed E-state index contributed by atoms with van der Waals surface area (Å²) in [5.41, 5.74) is 9.58. The van der Waals surface area contributed by atoms with Crippen LogP contribution in [0.4, 0.5) is 24.5 Å². The third-order valence-corrected chi connectivity index (χ3v) is 7.85. The molecule has 0 bridgehead atoms. The van der Waals surface area contributed by atoms with Gasteiger partial charge in [0.15, 0.2) is 5.01 Å². The zero-order valence-corrected chi connectivity index (χ0v) is 26.1. The minimum atomic E-state index is -5.08. The van der Waals surface area contributed by atoms with Crippen molar-refractivity contribution in [3.05, 3.63) is 124 Å². The SMILES string of the molecule is CC(=O)N(c1cccc(Cl)c1)c1ccc2nc(C(=O)C(NC(=O)c3ccccc3)c3ccc(CN)cc3)sc2c1.O=C(O)C(F)(F)F. The molecule has 5 rings (SSSR count). The number of amides is 2. The monoisotopic (exact) mass is 682 g/mol. The molecule has 47 heavy (non-hydrogen) atoms. The summed E-state index contributed by atoms with van der Waals surface area (Å²) in [6.07, 6.45) is -5.08. The maximum atomic E-state index is 13.9. The van der Waals surface area contributed by atoms with Crippen molar-refractivity contribution in [2.75, 3.05) is 4.90 Å². The minimum Gasteiger partial charge on any atom is -0.475 e. The molecular weight excluding hydrogens is 657 g/mol. The van der Waals surface area contributed by atoms with E-state index >= 15 is 0 Å². The molecule has 0 radical (unpaired) electrons. The Morgan fingerprint density at radius 1 is 0.936 bits per heavy atom. The molecule has 0 aliphatic heterocycles. The van der Waals surface area contributed by atoms with Crippen LogP contribution in [-0.2, 0) is 16.1 Å². The first kappa shape index (κ1) is 34.8.